The first-order valence-corrected chi connectivity index (χ1v) is 4.70. The topological polar surface area (TPSA) is 50.9 Å². The summed E-state index contributed by atoms with van der Waals surface area (Å²) in [6.45, 7) is -0.332. The predicted molar refractivity (Wildman–Crippen MR) is 52.3 cm³/mol. The summed E-state index contributed by atoms with van der Waals surface area (Å²) < 4.78 is 38.4. The van der Waals surface area contributed by atoms with Crippen LogP contribution in [0.4, 0.5) is 13.2 Å². The van der Waals surface area contributed by atoms with Crippen molar-refractivity contribution in [3.8, 4) is 5.69 Å². The Balaban J connectivity index is 2.36. The maximum atomic E-state index is 12.3. The van der Waals surface area contributed by atoms with Crippen LogP contribution in [0.5, 0.6) is 0 Å². The van der Waals surface area contributed by atoms with Crippen molar-refractivity contribution < 1.29 is 18.3 Å². The molecule has 1 N–H and O–H groups in total. The predicted octanol–water partition coefficient (Wildman–Crippen LogP) is 1.78. The molecule has 1 aromatic heterocycles. The number of halogens is 3. The highest BCUT2D eigenvalue weighted by Gasteiger charge is 2.30. The molecule has 0 saturated heterocycles. The third-order valence-corrected chi connectivity index (χ3v) is 2.23. The smallest absolute Gasteiger partial charge is 0.388 e. The largest absolute Gasteiger partial charge is 0.416 e. The molecule has 0 unspecified atom stereocenters. The number of aliphatic hydroxyl groups is 1. The summed E-state index contributed by atoms with van der Waals surface area (Å²) in [7, 11) is 0. The van der Waals surface area contributed by atoms with Crippen LogP contribution in [-0.4, -0.2) is 19.9 Å². The number of nitrogens with zero attached hydrogens (tertiary/aromatic N) is 3. The molecule has 2 aromatic rings. The lowest BCUT2D eigenvalue weighted by atomic mass is 10.2. The molecule has 2 rings (SSSR count). The van der Waals surface area contributed by atoms with Gasteiger partial charge in [-0.1, -0.05) is 0 Å². The van der Waals surface area contributed by atoms with Crippen LogP contribution in [0.15, 0.2) is 30.6 Å². The standard InChI is InChI=1S/C10H8F3N3O/c11-10(12,13)7-1-3-8(4-2-7)16-6-14-15-9(16)5-17/h1-4,6,17H,5H2. The van der Waals surface area contributed by atoms with Gasteiger partial charge >= 0.3 is 6.18 Å². The van der Waals surface area contributed by atoms with E-state index in [0.717, 1.165) is 12.1 Å². The van der Waals surface area contributed by atoms with Crippen LogP contribution in [0.25, 0.3) is 5.69 Å². The Morgan fingerprint density at radius 2 is 1.82 bits per heavy atom. The van der Waals surface area contributed by atoms with Crippen LogP contribution < -0.4 is 0 Å². The summed E-state index contributed by atoms with van der Waals surface area (Å²) in [5.41, 5.74) is -0.257. The van der Waals surface area contributed by atoms with Gasteiger partial charge in [0.2, 0.25) is 0 Å². The molecule has 0 spiro atoms. The van der Waals surface area contributed by atoms with Crippen LogP contribution in [0.2, 0.25) is 0 Å². The molecule has 0 radical (unpaired) electrons. The Morgan fingerprint density at radius 1 is 1.18 bits per heavy atom. The molecule has 0 atom stereocenters. The van der Waals surface area contributed by atoms with Gasteiger partial charge < -0.3 is 5.11 Å². The van der Waals surface area contributed by atoms with Crippen molar-refractivity contribution in [3.63, 3.8) is 0 Å². The molecule has 0 fully saturated rings. The number of hydrogen-bond donors (Lipinski definition) is 1. The summed E-state index contributed by atoms with van der Waals surface area (Å²) in [5.74, 6) is 0.268. The van der Waals surface area contributed by atoms with Crippen LogP contribution >= 0.6 is 0 Å². The van der Waals surface area contributed by atoms with E-state index in [0.29, 0.717) is 5.69 Å². The molecule has 90 valence electrons. The molecule has 0 bridgehead atoms. The number of hydrogen-bond acceptors (Lipinski definition) is 3. The van der Waals surface area contributed by atoms with Crippen molar-refractivity contribution >= 4 is 0 Å². The van der Waals surface area contributed by atoms with Crippen molar-refractivity contribution in [2.75, 3.05) is 0 Å². The number of aromatic nitrogens is 3. The fraction of sp³-hybridized carbons (Fsp3) is 0.200. The minimum Gasteiger partial charge on any atom is -0.388 e. The molecule has 0 saturated carbocycles. The van der Waals surface area contributed by atoms with Gasteiger partial charge in [-0.3, -0.25) is 4.57 Å². The maximum absolute atomic E-state index is 12.3. The molecule has 4 nitrogen and oxygen atoms in total. The molecular weight excluding hydrogens is 235 g/mol. The normalized spacial score (nSPS) is 11.8. The van der Waals surface area contributed by atoms with Crippen molar-refractivity contribution in [1.82, 2.24) is 14.8 Å². The van der Waals surface area contributed by atoms with Gasteiger partial charge in [-0.05, 0) is 24.3 Å². The van der Waals surface area contributed by atoms with E-state index >= 15 is 0 Å². The highest BCUT2D eigenvalue weighted by molar-refractivity contribution is 5.36. The van der Waals surface area contributed by atoms with Crippen molar-refractivity contribution in [2.45, 2.75) is 12.8 Å². The second-order valence-corrected chi connectivity index (χ2v) is 3.32. The molecule has 1 heterocycles. The van der Waals surface area contributed by atoms with Gasteiger partial charge in [-0.15, -0.1) is 10.2 Å². The highest BCUT2D eigenvalue weighted by Crippen LogP contribution is 2.29. The average molecular weight is 243 g/mol. The summed E-state index contributed by atoms with van der Waals surface area (Å²) in [6, 6.07) is 4.53. The summed E-state index contributed by atoms with van der Waals surface area (Å²) in [5, 5.41) is 16.1. The summed E-state index contributed by atoms with van der Waals surface area (Å²) >= 11 is 0. The van der Waals surface area contributed by atoms with E-state index in [2.05, 4.69) is 10.2 Å². The lowest BCUT2D eigenvalue weighted by molar-refractivity contribution is -0.137. The van der Waals surface area contributed by atoms with Crippen LogP contribution in [0.1, 0.15) is 11.4 Å². The van der Waals surface area contributed by atoms with Crippen molar-refractivity contribution in [1.29, 1.82) is 0 Å². The number of benzene rings is 1. The van der Waals surface area contributed by atoms with Gasteiger partial charge in [0.05, 0.1) is 5.56 Å². The number of aliphatic hydroxyl groups excluding tert-OH is 1. The minimum atomic E-state index is -4.36. The lowest BCUT2D eigenvalue weighted by Crippen LogP contribution is -2.05. The first-order chi connectivity index (χ1) is 8.02. The molecule has 0 aliphatic heterocycles. The van der Waals surface area contributed by atoms with E-state index in [1.54, 1.807) is 0 Å². The number of alkyl halides is 3. The molecular formula is C10H8F3N3O. The molecule has 7 heteroatoms. The number of rotatable bonds is 2. The fourth-order valence-electron chi connectivity index (χ4n) is 1.39. The summed E-state index contributed by atoms with van der Waals surface area (Å²) in [6.07, 6.45) is -3.03. The monoisotopic (exact) mass is 243 g/mol. The molecule has 0 aliphatic carbocycles. The van der Waals surface area contributed by atoms with E-state index in [9.17, 15) is 13.2 Å². The lowest BCUT2D eigenvalue weighted by Gasteiger charge is -2.08. The Bertz CT molecular complexity index is 504. The van der Waals surface area contributed by atoms with Crippen molar-refractivity contribution in [2.24, 2.45) is 0 Å². The third kappa shape index (κ3) is 2.28. The molecule has 1 aromatic carbocycles. The van der Waals surface area contributed by atoms with Gasteiger partial charge in [0.15, 0.2) is 5.82 Å². The van der Waals surface area contributed by atoms with Crippen LogP contribution in [-0.2, 0) is 12.8 Å². The van der Waals surface area contributed by atoms with Crippen molar-refractivity contribution in [3.05, 3.63) is 42.0 Å². The second kappa shape index (κ2) is 4.17. The van der Waals surface area contributed by atoms with Gasteiger partial charge in [0.25, 0.3) is 0 Å². The first-order valence-electron chi connectivity index (χ1n) is 4.70. The van der Waals surface area contributed by atoms with Gasteiger partial charge in [0.1, 0.15) is 12.9 Å². The Labute approximate surface area is 94.3 Å². The van der Waals surface area contributed by atoms with E-state index in [-0.39, 0.29) is 12.4 Å². The summed E-state index contributed by atoms with van der Waals surface area (Å²) in [4.78, 5) is 0. The van der Waals surface area contributed by atoms with Crippen LogP contribution in [0, 0.1) is 0 Å². The van der Waals surface area contributed by atoms with Gasteiger partial charge in [-0.25, -0.2) is 0 Å². The van der Waals surface area contributed by atoms with E-state index in [1.807, 2.05) is 0 Å². The zero-order valence-corrected chi connectivity index (χ0v) is 8.52. The Morgan fingerprint density at radius 3 is 2.35 bits per heavy atom. The zero-order chi connectivity index (χ0) is 12.5. The molecule has 0 aliphatic rings. The SMILES string of the molecule is OCc1nncn1-c1ccc(C(F)(F)F)cc1. The minimum absolute atomic E-state index is 0.268. The Kier molecular flexibility index (Phi) is 2.84. The second-order valence-electron chi connectivity index (χ2n) is 3.32. The van der Waals surface area contributed by atoms with E-state index in [4.69, 9.17) is 5.11 Å². The van der Waals surface area contributed by atoms with Gasteiger partial charge in [-0.2, -0.15) is 13.2 Å². The first kappa shape index (κ1) is 11.6. The van der Waals surface area contributed by atoms with E-state index in [1.165, 1.54) is 23.0 Å². The maximum Gasteiger partial charge on any atom is 0.416 e. The zero-order valence-electron chi connectivity index (χ0n) is 8.52. The van der Waals surface area contributed by atoms with E-state index < -0.39 is 11.7 Å². The average Bonchev–Trinajstić information content (AvgIpc) is 2.76. The third-order valence-electron chi connectivity index (χ3n) is 2.23. The van der Waals surface area contributed by atoms with Gasteiger partial charge in [0, 0.05) is 5.69 Å². The molecule has 0 amide bonds. The van der Waals surface area contributed by atoms with Crippen LogP contribution in [0.3, 0.4) is 0 Å². The Hall–Kier alpha value is -1.89. The fourth-order valence-corrected chi connectivity index (χ4v) is 1.39. The quantitative estimate of drug-likeness (QED) is 0.874. The molecule has 17 heavy (non-hydrogen) atoms. The highest BCUT2D eigenvalue weighted by atomic mass is 19.4.